The van der Waals surface area contributed by atoms with Crippen LogP contribution in [0.3, 0.4) is 0 Å². The lowest BCUT2D eigenvalue weighted by Crippen LogP contribution is -2.40. The van der Waals surface area contributed by atoms with Crippen molar-refractivity contribution in [2.45, 2.75) is 57.7 Å². The van der Waals surface area contributed by atoms with Gasteiger partial charge >= 0.3 is 6.09 Å². The third-order valence-electron chi connectivity index (χ3n) is 3.59. The third-order valence-corrected chi connectivity index (χ3v) is 3.59. The third kappa shape index (κ3) is 2.97. The first-order chi connectivity index (χ1) is 8.06. The summed E-state index contributed by atoms with van der Waals surface area (Å²) in [4.78, 5) is 18.6. The Balaban J connectivity index is 1.85. The van der Waals surface area contributed by atoms with Crippen molar-refractivity contribution in [3.05, 3.63) is 0 Å². The highest BCUT2D eigenvalue weighted by atomic mass is 16.7. The van der Waals surface area contributed by atoms with Crippen molar-refractivity contribution >= 4 is 11.8 Å². The van der Waals surface area contributed by atoms with Crippen molar-refractivity contribution in [3.63, 3.8) is 0 Å². The number of rotatable bonds is 2. The number of piperidine rings is 1. The van der Waals surface area contributed by atoms with Gasteiger partial charge in [0.05, 0.1) is 5.71 Å². The van der Waals surface area contributed by atoms with Gasteiger partial charge in [-0.25, -0.2) is 4.79 Å². The van der Waals surface area contributed by atoms with E-state index in [1.54, 1.807) is 0 Å². The van der Waals surface area contributed by atoms with Crippen molar-refractivity contribution in [2.24, 2.45) is 5.16 Å². The molecule has 5 nitrogen and oxygen atoms in total. The van der Waals surface area contributed by atoms with E-state index in [1.165, 1.54) is 12.8 Å². The highest BCUT2D eigenvalue weighted by Crippen LogP contribution is 2.32. The van der Waals surface area contributed by atoms with E-state index in [1.807, 2.05) is 13.8 Å². The lowest BCUT2D eigenvalue weighted by Gasteiger charge is -2.31. The van der Waals surface area contributed by atoms with Crippen LogP contribution in [0.2, 0.25) is 0 Å². The number of hydrogen-bond donors (Lipinski definition) is 1. The highest BCUT2D eigenvalue weighted by Gasteiger charge is 2.36. The predicted octanol–water partition coefficient (Wildman–Crippen LogP) is 1.73. The molecule has 2 aliphatic heterocycles. The van der Waals surface area contributed by atoms with Gasteiger partial charge in [0.1, 0.15) is 0 Å². The van der Waals surface area contributed by atoms with E-state index in [-0.39, 0.29) is 6.04 Å². The van der Waals surface area contributed by atoms with Crippen molar-refractivity contribution in [3.8, 4) is 0 Å². The van der Waals surface area contributed by atoms with Gasteiger partial charge < -0.3 is 5.32 Å². The maximum absolute atomic E-state index is 11.3. The fraction of sp³-hybridized carbons (Fsp3) is 0.833. The molecule has 2 saturated heterocycles. The van der Waals surface area contributed by atoms with Gasteiger partial charge in [-0.2, -0.15) is 0 Å². The standard InChI is InChI=1S/C12H21N3O2/c1-8(2)13-12(16)17-14-9-6-10-4-5-11(7-9)15(10)3/h8,10-11H,4-7H2,1-3H3,(H,13,16). The molecule has 0 aliphatic carbocycles. The summed E-state index contributed by atoms with van der Waals surface area (Å²) in [5.74, 6) is 0. The summed E-state index contributed by atoms with van der Waals surface area (Å²) in [5, 5.41) is 6.64. The van der Waals surface area contributed by atoms with Crippen LogP contribution in [0.1, 0.15) is 39.5 Å². The molecule has 2 aliphatic rings. The van der Waals surface area contributed by atoms with Crippen LogP contribution in [0.15, 0.2) is 5.16 Å². The van der Waals surface area contributed by atoms with Gasteiger partial charge in [0.2, 0.25) is 0 Å². The molecule has 0 aromatic heterocycles. The number of amides is 1. The second-order valence-electron chi connectivity index (χ2n) is 5.29. The predicted molar refractivity (Wildman–Crippen MR) is 66.0 cm³/mol. The molecule has 96 valence electrons. The van der Waals surface area contributed by atoms with Gasteiger partial charge in [-0.1, -0.05) is 5.16 Å². The van der Waals surface area contributed by atoms with E-state index >= 15 is 0 Å². The number of hydrogen-bond acceptors (Lipinski definition) is 4. The second kappa shape index (κ2) is 5.04. The molecule has 17 heavy (non-hydrogen) atoms. The normalized spacial score (nSPS) is 28.4. The Morgan fingerprint density at radius 1 is 1.41 bits per heavy atom. The first kappa shape index (κ1) is 12.4. The van der Waals surface area contributed by atoms with Crippen molar-refractivity contribution in [2.75, 3.05) is 7.05 Å². The van der Waals surface area contributed by atoms with Crippen molar-refractivity contribution < 1.29 is 9.63 Å². The Labute approximate surface area is 102 Å². The minimum absolute atomic E-state index is 0.0800. The van der Waals surface area contributed by atoms with Gasteiger partial charge in [-0.3, -0.25) is 9.74 Å². The number of carbonyl (C=O) groups excluding carboxylic acids is 1. The zero-order valence-electron chi connectivity index (χ0n) is 10.8. The van der Waals surface area contributed by atoms with Crippen molar-refractivity contribution in [1.82, 2.24) is 10.2 Å². The van der Waals surface area contributed by atoms with Gasteiger partial charge in [-0.15, -0.1) is 0 Å². The molecule has 5 heteroatoms. The number of oxime groups is 1. The molecule has 2 atom stereocenters. The Kier molecular flexibility index (Phi) is 3.66. The smallest absolute Gasteiger partial charge is 0.317 e. The monoisotopic (exact) mass is 239 g/mol. The summed E-state index contributed by atoms with van der Waals surface area (Å²) in [6.45, 7) is 3.79. The van der Waals surface area contributed by atoms with Gasteiger partial charge in [0.25, 0.3) is 0 Å². The molecule has 1 N–H and O–H groups in total. The second-order valence-corrected chi connectivity index (χ2v) is 5.29. The summed E-state index contributed by atoms with van der Waals surface area (Å²) < 4.78 is 0. The molecular formula is C12H21N3O2. The van der Waals surface area contributed by atoms with E-state index in [4.69, 9.17) is 4.84 Å². The maximum atomic E-state index is 11.3. The zero-order valence-corrected chi connectivity index (χ0v) is 10.8. The number of nitrogens with zero attached hydrogens (tertiary/aromatic N) is 2. The summed E-state index contributed by atoms with van der Waals surface area (Å²) >= 11 is 0. The van der Waals surface area contributed by atoms with E-state index in [0.29, 0.717) is 12.1 Å². The van der Waals surface area contributed by atoms with Crippen LogP contribution in [0.25, 0.3) is 0 Å². The molecule has 2 fully saturated rings. The summed E-state index contributed by atoms with van der Waals surface area (Å²) in [5.41, 5.74) is 1.02. The molecule has 1 amide bonds. The lowest BCUT2D eigenvalue weighted by molar-refractivity contribution is 0.145. The van der Waals surface area contributed by atoms with E-state index in [9.17, 15) is 4.79 Å². The Morgan fingerprint density at radius 3 is 2.53 bits per heavy atom. The van der Waals surface area contributed by atoms with Crippen LogP contribution in [0.5, 0.6) is 0 Å². The Hall–Kier alpha value is -1.10. The SMILES string of the molecule is CC(C)NC(=O)ON=C1CC2CCC(C1)N2C. The van der Waals surface area contributed by atoms with E-state index in [2.05, 4.69) is 22.4 Å². The largest absolute Gasteiger partial charge is 0.433 e. The van der Waals surface area contributed by atoms with Crippen LogP contribution >= 0.6 is 0 Å². The Bertz CT molecular complexity index is 312. The summed E-state index contributed by atoms with van der Waals surface area (Å²) in [6.07, 6.45) is 3.87. The summed E-state index contributed by atoms with van der Waals surface area (Å²) in [7, 11) is 2.17. The number of fused-ring (bicyclic) bond motifs is 2. The Morgan fingerprint density at radius 2 is 2.00 bits per heavy atom. The average Bonchev–Trinajstić information content (AvgIpc) is 2.51. The highest BCUT2D eigenvalue weighted by molar-refractivity contribution is 5.86. The van der Waals surface area contributed by atoms with E-state index < -0.39 is 6.09 Å². The van der Waals surface area contributed by atoms with E-state index in [0.717, 1.165) is 18.6 Å². The molecule has 2 unspecified atom stereocenters. The molecule has 2 bridgehead atoms. The minimum Gasteiger partial charge on any atom is -0.317 e. The average molecular weight is 239 g/mol. The lowest BCUT2D eigenvalue weighted by atomic mass is 10.0. The van der Waals surface area contributed by atoms with Gasteiger partial charge in [0.15, 0.2) is 0 Å². The summed E-state index contributed by atoms with van der Waals surface area (Å²) in [6, 6.07) is 1.25. The minimum atomic E-state index is -0.459. The maximum Gasteiger partial charge on any atom is 0.433 e. The first-order valence-electron chi connectivity index (χ1n) is 6.31. The fourth-order valence-electron chi connectivity index (χ4n) is 2.65. The van der Waals surface area contributed by atoms with Crippen LogP contribution in [-0.4, -0.2) is 41.9 Å². The molecular weight excluding hydrogens is 218 g/mol. The van der Waals surface area contributed by atoms with Gasteiger partial charge in [0, 0.05) is 31.0 Å². The number of carbonyl (C=O) groups is 1. The molecule has 2 heterocycles. The molecule has 0 saturated carbocycles. The molecule has 0 aromatic carbocycles. The van der Waals surface area contributed by atoms with Crippen LogP contribution in [0.4, 0.5) is 4.79 Å². The quantitative estimate of drug-likeness (QED) is 0.590. The zero-order chi connectivity index (χ0) is 12.4. The van der Waals surface area contributed by atoms with Crippen LogP contribution in [-0.2, 0) is 4.84 Å². The number of nitrogens with one attached hydrogen (secondary N) is 1. The van der Waals surface area contributed by atoms with Crippen molar-refractivity contribution in [1.29, 1.82) is 0 Å². The first-order valence-corrected chi connectivity index (χ1v) is 6.31. The van der Waals surface area contributed by atoms with Gasteiger partial charge in [-0.05, 0) is 33.7 Å². The molecule has 0 spiro atoms. The fourth-order valence-corrected chi connectivity index (χ4v) is 2.65. The van der Waals surface area contributed by atoms with Crippen LogP contribution < -0.4 is 5.32 Å². The molecule has 0 radical (unpaired) electrons. The molecule has 2 rings (SSSR count). The van der Waals surface area contributed by atoms with Crippen LogP contribution in [0, 0.1) is 0 Å². The topological polar surface area (TPSA) is 53.9 Å². The molecule has 0 aromatic rings.